The fourth-order valence-corrected chi connectivity index (χ4v) is 4.41. The fourth-order valence-electron chi connectivity index (χ4n) is 4.41. The summed E-state index contributed by atoms with van der Waals surface area (Å²) < 4.78 is 5.85. The van der Waals surface area contributed by atoms with Gasteiger partial charge in [-0.25, -0.2) is 0 Å². The van der Waals surface area contributed by atoms with E-state index in [0.717, 1.165) is 58.2 Å². The number of benzene rings is 1. The van der Waals surface area contributed by atoms with Crippen LogP contribution in [0.4, 0.5) is 0 Å². The molecule has 3 rings (SSSR count). The molecule has 3 N–H and O–H groups in total. The maximum Gasteiger partial charge on any atom is 0.0611 e. The Kier molecular flexibility index (Phi) is 6.32. The van der Waals surface area contributed by atoms with Crippen LogP contribution in [0.25, 0.3) is 0 Å². The zero-order valence-corrected chi connectivity index (χ0v) is 15.4. The van der Waals surface area contributed by atoms with Gasteiger partial charge in [-0.1, -0.05) is 24.3 Å². The van der Waals surface area contributed by atoms with Gasteiger partial charge in [0, 0.05) is 18.8 Å². The molecule has 0 spiro atoms. The lowest BCUT2D eigenvalue weighted by Crippen LogP contribution is -2.40. The van der Waals surface area contributed by atoms with Gasteiger partial charge in [0.2, 0.25) is 0 Å². The zero-order valence-electron chi connectivity index (χ0n) is 15.4. The first-order valence-corrected chi connectivity index (χ1v) is 9.83. The van der Waals surface area contributed by atoms with Crippen LogP contribution in [0.2, 0.25) is 0 Å². The lowest BCUT2D eigenvalue weighted by molar-refractivity contribution is 0.0930. The van der Waals surface area contributed by atoms with Crippen LogP contribution < -0.4 is 5.73 Å². The van der Waals surface area contributed by atoms with E-state index in [1.165, 1.54) is 23.1 Å². The number of aliphatic hydroxyl groups is 1. The second-order valence-electron chi connectivity index (χ2n) is 8.10. The van der Waals surface area contributed by atoms with Crippen LogP contribution >= 0.6 is 0 Å². The smallest absolute Gasteiger partial charge is 0.0611 e. The van der Waals surface area contributed by atoms with Crippen LogP contribution in [0.15, 0.2) is 30.9 Å². The molecule has 0 aliphatic heterocycles. The molecule has 0 bridgehead atoms. The van der Waals surface area contributed by atoms with E-state index < -0.39 is 0 Å². The number of aryl methyl sites for hydroxylation is 1. The van der Waals surface area contributed by atoms with E-state index in [1.807, 2.05) is 6.08 Å². The van der Waals surface area contributed by atoms with Gasteiger partial charge in [0.05, 0.1) is 6.61 Å². The molecule has 0 aromatic heterocycles. The topological polar surface area (TPSA) is 55.5 Å². The summed E-state index contributed by atoms with van der Waals surface area (Å²) in [6, 6.07) is 7.02. The molecule has 1 saturated carbocycles. The third-order valence-electron chi connectivity index (χ3n) is 6.04. The van der Waals surface area contributed by atoms with E-state index >= 15 is 0 Å². The van der Waals surface area contributed by atoms with Gasteiger partial charge in [-0.05, 0) is 79.9 Å². The Labute approximate surface area is 152 Å². The number of unbranched alkanes of at least 4 members (excludes halogenated alkanes) is 1. The molecule has 2 aliphatic carbocycles. The molecule has 0 unspecified atom stereocenters. The number of ether oxygens (including phenoxy) is 1. The number of fused-ring (bicyclic) bond motifs is 1. The van der Waals surface area contributed by atoms with Gasteiger partial charge in [-0.15, -0.1) is 6.58 Å². The van der Waals surface area contributed by atoms with Crippen LogP contribution in [-0.4, -0.2) is 30.5 Å². The summed E-state index contributed by atoms with van der Waals surface area (Å²) in [5.41, 5.74) is 10.3. The number of rotatable bonds is 8. The Morgan fingerprint density at radius 1 is 1.32 bits per heavy atom. The van der Waals surface area contributed by atoms with Crippen molar-refractivity contribution in [2.24, 2.45) is 11.7 Å². The number of aliphatic hydroxyl groups excluding tert-OH is 1. The van der Waals surface area contributed by atoms with Crippen LogP contribution in [0.3, 0.4) is 0 Å². The summed E-state index contributed by atoms with van der Waals surface area (Å²) in [4.78, 5) is 0. The summed E-state index contributed by atoms with van der Waals surface area (Å²) in [6.45, 7) is 5.58. The van der Waals surface area contributed by atoms with Gasteiger partial charge in [0.25, 0.3) is 0 Å². The maximum absolute atomic E-state index is 9.49. The second-order valence-corrected chi connectivity index (χ2v) is 8.10. The Balaban J connectivity index is 1.54. The number of allylic oxidation sites excluding steroid dienone is 1. The lowest BCUT2D eigenvalue weighted by atomic mass is 9.82. The van der Waals surface area contributed by atoms with E-state index in [0.29, 0.717) is 11.8 Å². The summed E-state index contributed by atoms with van der Waals surface area (Å²) in [5, 5.41) is 9.49. The normalized spacial score (nSPS) is 28.7. The minimum Gasteiger partial charge on any atom is -0.394 e. The highest BCUT2D eigenvalue weighted by Gasteiger charge is 2.36. The second kappa shape index (κ2) is 8.48. The third kappa shape index (κ3) is 4.72. The molecular weight excluding hydrogens is 310 g/mol. The molecule has 2 aliphatic rings. The molecule has 1 fully saturated rings. The number of hydrogen-bond donors (Lipinski definition) is 2. The minimum absolute atomic E-state index is 0.100. The van der Waals surface area contributed by atoms with Crippen molar-refractivity contribution in [2.75, 3.05) is 19.8 Å². The Hall–Kier alpha value is -1.16. The van der Waals surface area contributed by atoms with Gasteiger partial charge >= 0.3 is 0 Å². The van der Waals surface area contributed by atoms with Gasteiger partial charge in [0.15, 0.2) is 0 Å². The first-order chi connectivity index (χ1) is 12.1. The molecular formula is C22H33NO2. The highest BCUT2D eigenvalue weighted by atomic mass is 16.5. The van der Waals surface area contributed by atoms with Crippen molar-refractivity contribution in [3.63, 3.8) is 0 Å². The van der Waals surface area contributed by atoms with E-state index in [4.69, 9.17) is 10.5 Å². The van der Waals surface area contributed by atoms with Crippen LogP contribution in [0.1, 0.15) is 61.1 Å². The van der Waals surface area contributed by atoms with Crippen molar-refractivity contribution in [3.05, 3.63) is 47.5 Å². The van der Waals surface area contributed by atoms with Crippen LogP contribution in [-0.2, 0) is 17.6 Å². The predicted octanol–water partition coefficient (Wildman–Crippen LogP) is 3.73. The SMILES string of the molecule is C=CCCCOC[C@@H]1CCc2cc([C@H]3CC[C@](N)(CO)C3)ccc2C1. The van der Waals surface area contributed by atoms with E-state index in [1.54, 1.807) is 0 Å². The first kappa shape index (κ1) is 18.6. The van der Waals surface area contributed by atoms with Gasteiger partial charge in [-0.2, -0.15) is 0 Å². The summed E-state index contributed by atoms with van der Waals surface area (Å²) in [5.74, 6) is 1.16. The summed E-state index contributed by atoms with van der Waals surface area (Å²) >= 11 is 0. The molecule has 138 valence electrons. The quantitative estimate of drug-likeness (QED) is 0.558. The minimum atomic E-state index is -0.366. The maximum atomic E-state index is 9.49. The molecule has 25 heavy (non-hydrogen) atoms. The van der Waals surface area contributed by atoms with Crippen molar-refractivity contribution in [1.82, 2.24) is 0 Å². The summed E-state index contributed by atoms with van der Waals surface area (Å²) in [7, 11) is 0. The first-order valence-electron chi connectivity index (χ1n) is 9.83. The largest absolute Gasteiger partial charge is 0.394 e. The third-order valence-corrected chi connectivity index (χ3v) is 6.04. The molecule has 3 heteroatoms. The molecule has 1 aromatic carbocycles. The molecule has 3 atom stereocenters. The number of hydrogen-bond acceptors (Lipinski definition) is 3. The Bertz CT molecular complexity index is 585. The lowest BCUT2D eigenvalue weighted by Gasteiger charge is -2.26. The van der Waals surface area contributed by atoms with Gasteiger partial charge in [-0.3, -0.25) is 0 Å². The van der Waals surface area contributed by atoms with Crippen molar-refractivity contribution < 1.29 is 9.84 Å². The highest BCUT2D eigenvalue weighted by Crippen LogP contribution is 2.40. The molecule has 0 heterocycles. The molecule has 0 radical (unpaired) electrons. The molecule has 1 aromatic rings. The molecule has 0 amide bonds. The van der Waals surface area contributed by atoms with E-state index in [9.17, 15) is 5.11 Å². The van der Waals surface area contributed by atoms with Crippen molar-refractivity contribution >= 4 is 0 Å². The van der Waals surface area contributed by atoms with E-state index in [2.05, 4.69) is 24.8 Å². The average molecular weight is 344 g/mol. The van der Waals surface area contributed by atoms with Crippen molar-refractivity contribution in [3.8, 4) is 0 Å². The Morgan fingerprint density at radius 3 is 2.96 bits per heavy atom. The number of nitrogens with two attached hydrogens (primary N) is 1. The monoisotopic (exact) mass is 343 g/mol. The van der Waals surface area contributed by atoms with Crippen molar-refractivity contribution in [1.29, 1.82) is 0 Å². The van der Waals surface area contributed by atoms with Gasteiger partial charge < -0.3 is 15.6 Å². The predicted molar refractivity (Wildman–Crippen MR) is 103 cm³/mol. The van der Waals surface area contributed by atoms with Crippen molar-refractivity contribution in [2.45, 2.75) is 62.8 Å². The van der Waals surface area contributed by atoms with E-state index in [-0.39, 0.29) is 12.1 Å². The highest BCUT2D eigenvalue weighted by molar-refractivity contribution is 5.36. The zero-order chi connectivity index (χ0) is 17.7. The van der Waals surface area contributed by atoms with Crippen LogP contribution in [0, 0.1) is 5.92 Å². The molecule has 3 nitrogen and oxygen atoms in total. The van der Waals surface area contributed by atoms with Gasteiger partial charge in [0.1, 0.15) is 0 Å². The fraction of sp³-hybridized carbons (Fsp3) is 0.636. The average Bonchev–Trinajstić information content (AvgIpc) is 3.04. The Morgan fingerprint density at radius 2 is 2.20 bits per heavy atom. The molecule has 0 saturated heterocycles. The standard InChI is InChI=1S/C22H33NO2/c1-2-3-4-11-25-15-17-5-6-19-13-20(8-7-18(19)12-17)21-9-10-22(23,14-21)16-24/h2,7-8,13,17,21,24H,1,3-6,9-12,14-16,23H2/t17-,21+,22-/m1/s1. The van der Waals surface area contributed by atoms with Crippen LogP contribution in [0.5, 0.6) is 0 Å². The summed E-state index contributed by atoms with van der Waals surface area (Å²) in [6.07, 6.45) is 10.5.